The lowest BCUT2D eigenvalue weighted by Gasteiger charge is -2.21. The van der Waals surface area contributed by atoms with Crippen LogP contribution < -0.4 is 15.4 Å². The van der Waals surface area contributed by atoms with Crippen LogP contribution in [0.1, 0.15) is 13.8 Å². The molecule has 0 heterocycles. The van der Waals surface area contributed by atoms with E-state index in [1.165, 1.54) is 14.0 Å². The molecule has 16 heavy (non-hydrogen) atoms. The van der Waals surface area contributed by atoms with Crippen molar-refractivity contribution < 1.29 is 14.4 Å². The second-order valence-electron chi connectivity index (χ2n) is 3.25. The molecule has 0 bridgehead atoms. The van der Waals surface area contributed by atoms with Crippen molar-refractivity contribution in [2.45, 2.75) is 19.9 Å². The van der Waals surface area contributed by atoms with E-state index in [2.05, 4.69) is 15.4 Å². The van der Waals surface area contributed by atoms with Crippen molar-refractivity contribution in [1.82, 2.24) is 15.4 Å². The fraction of sp³-hybridized carbons (Fsp3) is 0.667. The minimum Gasteiger partial charge on any atom is -0.357 e. The van der Waals surface area contributed by atoms with Gasteiger partial charge in [-0.3, -0.25) is 14.4 Å². The molecule has 3 amide bonds. The van der Waals surface area contributed by atoms with Gasteiger partial charge >= 0.3 is 0 Å². The second kappa shape index (κ2) is 7.10. The lowest BCUT2D eigenvalue weighted by Crippen LogP contribution is -2.52. The van der Waals surface area contributed by atoms with Crippen LogP contribution in [0.2, 0.25) is 0 Å². The molecule has 0 saturated carbocycles. The molecule has 0 aliphatic rings. The highest BCUT2D eigenvalue weighted by atomic mass is 32.2. The third-order valence-electron chi connectivity index (χ3n) is 2.00. The fourth-order valence-corrected chi connectivity index (χ4v) is 1.52. The van der Waals surface area contributed by atoms with Crippen LogP contribution >= 0.6 is 11.9 Å². The van der Waals surface area contributed by atoms with Crippen molar-refractivity contribution in [3.63, 3.8) is 0 Å². The molecule has 0 fully saturated rings. The van der Waals surface area contributed by atoms with E-state index in [1.54, 1.807) is 13.2 Å². The van der Waals surface area contributed by atoms with Crippen LogP contribution in [0.25, 0.3) is 0 Å². The van der Waals surface area contributed by atoms with Gasteiger partial charge in [0.15, 0.2) is 0 Å². The van der Waals surface area contributed by atoms with Crippen LogP contribution in [0.4, 0.5) is 0 Å². The highest BCUT2D eigenvalue weighted by Gasteiger charge is 2.30. The van der Waals surface area contributed by atoms with Crippen LogP contribution in [-0.4, -0.2) is 37.1 Å². The summed E-state index contributed by atoms with van der Waals surface area (Å²) >= 11 is 1.15. The van der Waals surface area contributed by atoms with Gasteiger partial charge in [0.1, 0.15) is 6.04 Å². The van der Waals surface area contributed by atoms with Crippen LogP contribution in [-0.2, 0) is 14.4 Å². The lowest BCUT2D eigenvalue weighted by molar-refractivity contribution is -0.133. The first-order valence-corrected chi connectivity index (χ1v) is 5.98. The van der Waals surface area contributed by atoms with E-state index in [9.17, 15) is 14.4 Å². The van der Waals surface area contributed by atoms with Gasteiger partial charge in [-0.15, -0.1) is 0 Å². The van der Waals surface area contributed by atoms with Crippen LogP contribution in [0.3, 0.4) is 0 Å². The molecule has 0 saturated heterocycles. The average Bonchev–Trinajstić information content (AvgIpc) is 2.24. The molecule has 6 nitrogen and oxygen atoms in total. The Morgan fingerprint density at radius 2 is 1.75 bits per heavy atom. The van der Waals surface area contributed by atoms with Crippen molar-refractivity contribution >= 4 is 29.7 Å². The number of likely N-dealkylation sites (N-methyl/N-ethyl adjacent to an activating group) is 1. The Bertz CT molecular complexity index is 283. The van der Waals surface area contributed by atoms with Crippen molar-refractivity contribution in [1.29, 1.82) is 0 Å². The summed E-state index contributed by atoms with van der Waals surface area (Å²) in [7, 11) is 1.45. The number of amides is 3. The van der Waals surface area contributed by atoms with Gasteiger partial charge in [-0.1, -0.05) is 18.9 Å². The molecule has 0 radical (unpaired) electrons. The minimum absolute atomic E-state index is 0.296. The fourth-order valence-electron chi connectivity index (χ4n) is 1.14. The number of hydrogen-bond donors (Lipinski definition) is 3. The Kier molecular flexibility index (Phi) is 6.55. The van der Waals surface area contributed by atoms with E-state index in [-0.39, 0.29) is 17.7 Å². The van der Waals surface area contributed by atoms with Crippen molar-refractivity contribution in [3.8, 4) is 0 Å². The van der Waals surface area contributed by atoms with E-state index in [0.29, 0.717) is 0 Å². The van der Waals surface area contributed by atoms with Gasteiger partial charge in [0, 0.05) is 20.2 Å². The lowest BCUT2D eigenvalue weighted by atomic mass is 10.0. The molecular weight excluding hydrogens is 230 g/mol. The third-order valence-corrected chi connectivity index (χ3v) is 2.41. The summed E-state index contributed by atoms with van der Waals surface area (Å²) in [5, 5.41) is 4.86. The maximum absolute atomic E-state index is 11.5. The monoisotopic (exact) mass is 247 g/mol. The molecule has 0 rings (SSSR count). The molecule has 92 valence electrons. The van der Waals surface area contributed by atoms with E-state index in [4.69, 9.17) is 0 Å². The van der Waals surface area contributed by atoms with Crippen molar-refractivity contribution in [2.75, 3.05) is 13.3 Å². The molecule has 0 aromatic carbocycles. The van der Waals surface area contributed by atoms with Gasteiger partial charge < -0.3 is 15.4 Å². The summed E-state index contributed by atoms with van der Waals surface area (Å²) in [6.45, 7) is 2.89. The first kappa shape index (κ1) is 14.8. The topological polar surface area (TPSA) is 87.3 Å². The standard InChI is InChI=1S/C9H17N3O3S/c1-5(8(14)12-16-4)7(9(15)10-3)11-6(2)13/h5,7H,1-4H3,(H,10,15)(H,11,13)(H,12,14)/t5-,7-/m0/s1. The highest BCUT2D eigenvalue weighted by molar-refractivity contribution is 7.97. The summed E-state index contributed by atoms with van der Waals surface area (Å²) in [4.78, 5) is 33.9. The van der Waals surface area contributed by atoms with Crippen molar-refractivity contribution in [3.05, 3.63) is 0 Å². The predicted molar refractivity (Wildman–Crippen MR) is 62.5 cm³/mol. The molecule has 0 spiro atoms. The van der Waals surface area contributed by atoms with E-state index in [0.717, 1.165) is 11.9 Å². The molecular formula is C9H17N3O3S. The smallest absolute Gasteiger partial charge is 0.243 e. The summed E-state index contributed by atoms with van der Waals surface area (Å²) in [5.74, 6) is -1.66. The Morgan fingerprint density at radius 1 is 1.19 bits per heavy atom. The van der Waals surface area contributed by atoms with E-state index >= 15 is 0 Å². The van der Waals surface area contributed by atoms with Gasteiger partial charge in [-0.2, -0.15) is 0 Å². The molecule has 3 N–H and O–H groups in total. The Morgan fingerprint density at radius 3 is 2.12 bits per heavy atom. The zero-order valence-corrected chi connectivity index (χ0v) is 10.6. The van der Waals surface area contributed by atoms with Gasteiger partial charge in [0.05, 0.1) is 5.92 Å². The quantitative estimate of drug-likeness (QED) is 0.559. The van der Waals surface area contributed by atoms with E-state index < -0.39 is 12.0 Å². The average molecular weight is 247 g/mol. The number of carbonyl (C=O) groups is 3. The van der Waals surface area contributed by atoms with Gasteiger partial charge in [0.25, 0.3) is 0 Å². The number of carbonyl (C=O) groups excluding carboxylic acids is 3. The molecule has 0 unspecified atom stereocenters. The van der Waals surface area contributed by atoms with Crippen LogP contribution in [0.15, 0.2) is 0 Å². The largest absolute Gasteiger partial charge is 0.357 e. The summed E-state index contributed by atoms with van der Waals surface area (Å²) in [6, 6.07) is -0.852. The van der Waals surface area contributed by atoms with Crippen LogP contribution in [0, 0.1) is 5.92 Å². The Balaban J connectivity index is 4.67. The van der Waals surface area contributed by atoms with Gasteiger partial charge in [-0.25, -0.2) is 0 Å². The number of rotatable bonds is 5. The second-order valence-corrected chi connectivity index (χ2v) is 3.86. The SMILES string of the molecule is CNC(=O)[C@@H](NC(C)=O)[C@H](C)C(=O)NSC. The first-order valence-electron chi connectivity index (χ1n) is 4.75. The zero-order valence-electron chi connectivity index (χ0n) is 9.79. The normalized spacial score (nSPS) is 13.5. The van der Waals surface area contributed by atoms with Crippen molar-refractivity contribution in [2.24, 2.45) is 5.92 Å². The summed E-state index contributed by atoms with van der Waals surface area (Å²) < 4.78 is 2.52. The maximum Gasteiger partial charge on any atom is 0.243 e. The Hall–Kier alpha value is -1.24. The van der Waals surface area contributed by atoms with Crippen LogP contribution in [0.5, 0.6) is 0 Å². The number of hydrogen-bond acceptors (Lipinski definition) is 4. The van der Waals surface area contributed by atoms with Gasteiger partial charge in [0.2, 0.25) is 17.7 Å². The molecule has 7 heteroatoms. The Labute approximate surface area is 99.1 Å². The summed E-state index contributed by atoms with van der Waals surface area (Å²) in [6.07, 6.45) is 1.71. The minimum atomic E-state index is -0.852. The first-order chi connectivity index (χ1) is 7.43. The number of nitrogens with one attached hydrogen (secondary N) is 3. The summed E-state index contributed by atoms with van der Waals surface area (Å²) in [5.41, 5.74) is 0. The van der Waals surface area contributed by atoms with Gasteiger partial charge in [-0.05, 0) is 0 Å². The third kappa shape index (κ3) is 4.52. The molecule has 2 atom stereocenters. The zero-order chi connectivity index (χ0) is 12.7. The molecule has 0 aromatic heterocycles. The predicted octanol–water partition coefficient (Wildman–Crippen LogP) is -0.733. The molecule has 0 aromatic rings. The molecule has 0 aliphatic carbocycles. The molecule has 0 aliphatic heterocycles. The van der Waals surface area contributed by atoms with E-state index in [1.807, 2.05) is 0 Å². The highest BCUT2D eigenvalue weighted by Crippen LogP contribution is 2.05. The maximum atomic E-state index is 11.5.